The molecule has 164 valence electrons. The molecule has 0 bridgehead atoms. The van der Waals surface area contributed by atoms with Crippen molar-refractivity contribution in [1.29, 1.82) is 0 Å². The first-order chi connectivity index (χ1) is 15.0. The first kappa shape index (κ1) is 21.8. The molecule has 0 spiro atoms. The average Bonchev–Trinajstić information content (AvgIpc) is 3.41. The third-order valence-electron chi connectivity index (χ3n) is 5.30. The van der Waals surface area contributed by atoms with Gasteiger partial charge in [0, 0.05) is 17.3 Å². The summed E-state index contributed by atoms with van der Waals surface area (Å²) in [5.41, 5.74) is 1.47. The van der Waals surface area contributed by atoms with Crippen molar-refractivity contribution in [2.24, 2.45) is 0 Å². The molecule has 1 aliphatic heterocycles. The zero-order valence-electron chi connectivity index (χ0n) is 16.5. The van der Waals surface area contributed by atoms with E-state index in [4.69, 9.17) is 11.6 Å². The molecular weight excluding hydrogens is 443 g/mol. The highest BCUT2D eigenvalue weighted by Crippen LogP contribution is 2.32. The van der Waals surface area contributed by atoms with Crippen molar-refractivity contribution < 1.29 is 19.4 Å². The van der Waals surface area contributed by atoms with Crippen molar-refractivity contribution in [3.63, 3.8) is 0 Å². The van der Waals surface area contributed by atoms with E-state index in [1.54, 1.807) is 18.2 Å². The van der Waals surface area contributed by atoms with Crippen LogP contribution in [0.3, 0.4) is 0 Å². The van der Waals surface area contributed by atoms with Crippen molar-refractivity contribution >= 4 is 28.8 Å². The fourth-order valence-electron chi connectivity index (χ4n) is 3.67. The molecule has 3 heterocycles. The third-order valence-corrected chi connectivity index (χ3v) is 6.72. The van der Waals surface area contributed by atoms with Gasteiger partial charge in [-0.1, -0.05) is 24.1 Å². The zero-order valence-corrected chi connectivity index (χ0v) is 18.1. The van der Waals surface area contributed by atoms with Crippen LogP contribution in [-0.4, -0.2) is 38.7 Å². The number of carbonyl (C=O) groups excluding carboxylic acids is 1. The molecule has 0 aliphatic carbocycles. The van der Waals surface area contributed by atoms with Crippen molar-refractivity contribution in [1.82, 2.24) is 20.6 Å². The number of aliphatic hydroxyl groups is 1. The predicted octanol–water partition coefficient (Wildman–Crippen LogP) is 3.74. The SMILES string of the molecule is O=C(NC(c1nc(O)c(CO)s1)C1CCCCN1)c1ccc(-c2ccc(Cl)c(F)c2)[nH]1. The van der Waals surface area contributed by atoms with Gasteiger partial charge < -0.3 is 25.8 Å². The summed E-state index contributed by atoms with van der Waals surface area (Å²) < 4.78 is 13.8. The second-order valence-electron chi connectivity index (χ2n) is 7.38. The number of amides is 1. The Hall–Kier alpha value is -2.46. The monoisotopic (exact) mass is 464 g/mol. The first-order valence-corrected chi connectivity index (χ1v) is 11.1. The molecule has 2 atom stereocenters. The Balaban J connectivity index is 1.57. The van der Waals surface area contributed by atoms with Gasteiger partial charge in [-0.25, -0.2) is 9.37 Å². The highest BCUT2D eigenvalue weighted by molar-refractivity contribution is 7.12. The van der Waals surface area contributed by atoms with Gasteiger partial charge in [-0.3, -0.25) is 4.79 Å². The van der Waals surface area contributed by atoms with Crippen molar-refractivity contribution in [3.8, 4) is 17.1 Å². The van der Waals surface area contributed by atoms with Gasteiger partial charge in [0.2, 0.25) is 5.88 Å². The Kier molecular flexibility index (Phi) is 6.57. The summed E-state index contributed by atoms with van der Waals surface area (Å²) in [5, 5.41) is 26.3. The maximum atomic E-state index is 13.8. The summed E-state index contributed by atoms with van der Waals surface area (Å²) in [4.78, 5) is 20.5. The van der Waals surface area contributed by atoms with Crippen LogP contribution in [0.2, 0.25) is 5.02 Å². The number of aromatic nitrogens is 2. The number of hydrogen-bond donors (Lipinski definition) is 5. The minimum atomic E-state index is -0.536. The molecular formula is C21H22ClFN4O3S. The molecule has 0 saturated carbocycles. The molecule has 2 unspecified atom stereocenters. The lowest BCUT2D eigenvalue weighted by Crippen LogP contribution is -2.46. The van der Waals surface area contributed by atoms with E-state index in [0.29, 0.717) is 26.8 Å². The van der Waals surface area contributed by atoms with Crippen LogP contribution in [-0.2, 0) is 6.61 Å². The van der Waals surface area contributed by atoms with E-state index in [-0.39, 0.29) is 29.5 Å². The smallest absolute Gasteiger partial charge is 0.268 e. The molecule has 1 saturated heterocycles. The normalized spacial score (nSPS) is 17.5. The number of aromatic amines is 1. The van der Waals surface area contributed by atoms with Gasteiger partial charge in [-0.05, 0) is 43.7 Å². The number of H-pyrrole nitrogens is 1. The summed E-state index contributed by atoms with van der Waals surface area (Å²) in [6.45, 7) is 0.510. The third kappa shape index (κ3) is 4.74. The number of nitrogens with one attached hydrogen (secondary N) is 3. The number of piperidine rings is 1. The van der Waals surface area contributed by atoms with E-state index in [2.05, 4.69) is 20.6 Å². The van der Waals surface area contributed by atoms with Crippen LogP contribution >= 0.6 is 22.9 Å². The minimum Gasteiger partial charge on any atom is -0.492 e. The lowest BCUT2D eigenvalue weighted by Gasteiger charge is -2.30. The Morgan fingerprint density at radius 3 is 2.87 bits per heavy atom. The Morgan fingerprint density at radius 2 is 2.19 bits per heavy atom. The van der Waals surface area contributed by atoms with E-state index in [1.807, 2.05) is 0 Å². The van der Waals surface area contributed by atoms with Crippen molar-refractivity contribution in [2.45, 2.75) is 38.0 Å². The van der Waals surface area contributed by atoms with Gasteiger partial charge >= 0.3 is 0 Å². The van der Waals surface area contributed by atoms with Gasteiger partial charge in [0.15, 0.2) is 0 Å². The summed E-state index contributed by atoms with van der Waals surface area (Å²) in [7, 11) is 0. The molecule has 4 rings (SSSR count). The molecule has 1 aliphatic rings. The van der Waals surface area contributed by atoms with Crippen LogP contribution in [0.1, 0.15) is 45.7 Å². The van der Waals surface area contributed by atoms with E-state index < -0.39 is 11.9 Å². The van der Waals surface area contributed by atoms with E-state index in [0.717, 1.165) is 25.8 Å². The highest BCUT2D eigenvalue weighted by atomic mass is 35.5. The van der Waals surface area contributed by atoms with Crippen LogP contribution in [0.25, 0.3) is 11.3 Å². The summed E-state index contributed by atoms with van der Waals surface area (Å²) >= 11 is 6.92. The molecule has 7 nitrogen and oxygen atoms in total. The maximum absolute atomic E-state index is 13.8. The molecule has 5 N–H and O–H groups in total. The number of benzene rings is 1. The average molecular weight is 465 g/mol. The predicted molar refractivity (Wildman–Crippen MR) is 117 cm³/mol. The Labute approximate surface area is 187 Å². The van der Waals surface area contributed by atoms with Crippen LogP contribution < -0.4 is 10.6 Å². The summed E-state index contributed by atoms with van der Waals surface area (Å²) in [6, 6.07) is 7.25. The van der Waals surface area contributed by atoms with E-state index >= 15 is 0 Å². The lowest BCUT2D eigenvalue weighted by molar-refractivity contribution is 0.0918. The lowest BCUT2D eigenvalue weighted by atomic mass is 9.98. The second-order valence-corrected chi connectivity index (χ2v) is 8.90. The topological polar surface area (TPSA) is 110 Å². The fourth-order valence-corrected chi connectivity index (χ4v) is 4.73. The van der Waals surface area contributed by atoms with Crippen LogP contribution in [0.4, 0.5) is 4.39 Å². The second kappa shape index (κ2) is 9.35. The summed E-state index contributed by atoms with van der Waals surface area (Å²) in [6.07, 6.45) is 2.92. The molecule has 31 heavy (non-hydrogen) atoms. The molecule has 1 fully saturated rings. The number of carbonyl (C=O) groups is 1. The zero-order chi connectivity index (χ0) is 22.0. The standard InChI is InChI=1S/C21H22ClFN4O3S/c22-12-5-4-11(9-13(12)23)14-6-7-16(25-14)19(29)26-18(15-3-1-2-8-24-15)21-27-20(30)17(10-28)31-21/h4-7,9,15,18,24-25,28,30H,1-3,8,10H2,(H,26,29). The van der Waals surface area contributed by atoms with Crippen molar-refractivity contribution in [2.75, 3.05) is 6.54 Å². The number of hydrogen-bond acceptors (Lipinski definition) is 6. The van der Waals surface area contributed by atoms with E-state index in [9.17, 15) is 19.4 Å². The molecule has 1 aromatic carbocycles. The Morgan fingerprint density at radius 1 is 1.35 bits per heavy atom. The molecule has 0 radical (unpaired) electrons. The van der Waals surface area contributed by atoms with Crippen LogP contribution in [0.15, 0.2) is 30.3 Å². The number of halogens is 2. The maximum Gasteiger partial charge on any atom is 0.268 e. The number of thiazole rings is 1. The first-order valence-electron chi connectivity index (χ1n) is 9.94. The quantitative estimate of drug-likeness (QED) is 0.381. The van der Waals surface area contributed by atoms with Gasteiger partial charge in [0.05, 0.1) is 22.5 Å². The largest absolute Gasteiger partial charge is 0.492 e. The van der Waals surface area contributed by atoms with Crippen LogP contribution in [0.5, 0.6) is 5.88 Å². The molecule has 10 heteroatoms. The Bertz CT molecular complexity index is 1080. The summed E-state index contributed by atoms with van der Waals surface area (Å²) in [5.74, 6) is -1.10. The molecule has 3 aromatic rings. The number of nitrogens with zero attached hydrogens (tertiary/aromatic N) is 1. The number of rotatable bonds is 6. The fraction of sp³-hybridized carbons (Fsp3) is 0.333. The minimum absolute atomic E-state index is 0.0324. The van der Waals surface area contributed by atoms with Gasteiger partial charge in [0.1, 0.15) is 16.5 Å². The highest BCUT2D eigenvalue weighted by Gasteiger charge is 2.30. The van der Waals surface area contributed by atoms with Gasteiger partial charge in [0.25, 0.3) is 5.91 Å². The van der Waals surface area contributed by atoms with Crippen molar-refractivity contribution in [3.05, 3.63) is 56.8 Å². The van der Waals surface area contributed by atoms with Gasteiger partial charge in [-0.2, -0.15) is 0 Å². The van der Waals surface area contributed by atoms with Crippen LogP contribution in [0, 0.1) is 5.82 Å². The number of aromatic hydroxyl groups is 1. The number of aliphatic hydroxyl groups excluding tert-OH is 1. The van der Waals surface area contributed by atoms with Gasteiger partial charge in [-0.15, -0.1) is 11.3 Å². The van der Waals surface area contributed by atoms with E-state index in [1.165, 1.54) is 23.5 Å². The molecule has 1 amide bonds. The molecule has 2 aromatic heterocycles.